The van der Waals surface area contributed by atoms with Crippen molar-refractivity contribution >= 4 is 21.6 Å². The molecule has 0 aromatic heterocycles. The highest BCUT2D eigenvalue weighted by atomic mass is 32.2. The Morgan fingerprint density at radius 3 is 2.65 bits per heavy atom. The lowest BCUT2D eigenvalue weighted by atomic mass is 10.0. The highest BCUT2D eigenvalue weighted by molar-refractivity contribution is 7.89. The number of anilines is 1. The molecule has 0 aliphatic carbocycles. The zero-order valence-electron chi connectivity index (χ0n) is 11.4. The van der Waals surface area contributed by atoms with Gasteiger partial charge in [-0.2, -0.15) is 4.31 Å². The summed E-state index contributed by atoms with van der Waals surface area (Å²) in [7, 11) is -3.72. The van der Waals surface area contributed by atoms with Crippen molar-refractivity contribution in [1.82, 2.24) is 4.31 Å². The Kier molecular flexibility index (Phi) is 4.01. The Balaban J connectivity index is 2.42. The van der Waals surface area contributed by atoms with Crippen LogP contribution in [0.2, 0.25) is 0 Å². The topological polar surface area (TPSA) is 106 Å². The first-order valence-electron chi connectivity index (χ1n) is 6.51. The molecule has 7 heteroatoms. The second-order valence-corrected chi connectivity index (χ2v) is 6.94. The minimum absolute atomic E-state index is 0.150. The number of benzene rings is 1. The summed E-state index contributed by atoms with van der Waals surface area (Å²) in [6.45, 7) is 2.06. The van der Waals surface area contributed by atoms with Crippen molar-refractivity contribution in [3.63, 3.8) is 0 Å². The Labute approximate surface area is 118 Å². The Bertz CT molecular complexity index is 628. The molecular formula is C13H19N3O3S. The van der Waals surface area contributed by atoms with Gasteiger partial charge < -0.3 is 11.5 Å². The number of carbonyl (C=O) groups is 1. The highest BCUT2D eigenvalue weighted by Crippen LogP contribution is 2.26. The number of nitrogens with zero attached hydrogens (tertiary/aromatic N) is 1. The zero-order chi connectivity index (χ0) is 14.9. The molecule has 6 nitrogen and oxygen atoms in total. The Morgan fingerprint density at radius 2 is 2.05 bits per heavy atom. The first-order chi connectivity index (χ1) is 9.34. The van der Waals surface area contributed by atoms with Crippen LogP contribution in [0.4, 0.5) is 5.69 Å². The number of hydrogen-bond donors (Lipinski definition) is 2. The molecule has 1 amide bonds. The van der Waals surface area contributed by atoms with E-state index in [0.717, 1.165) is 12.8 Å². The van der Waals surface area contributed by atoms with Crippen LogP contribution in [0.25, 0.3) is 0 Å². The minimum Gasteiger partial charge on any atom is -0.399 e. The molecule has 110 valence electrons. The molecule has 0 saturated carbocycles. The van der Waals surface area contributed by atoms with Crippen LogP contribution in [0, 0.1) is 6.92 Å². The molecule has 2 rings (SSSR count). The molecule has 0 bridgehead atoms. The van der Waals surface area contributed by atoms with Crippen LogP contribution in [0.15, 0.2) is 23.1 Å². The number of sulfonamides is 1. The summed E-state index contributed by atoms with van der Waals surface area (Å²) in [6, 6.07) is 3.79. The Hall–Kier alpha value is -1.60. The third-order valence-electron chi connectivity index (χ3n) is 3.63. The van der Waals surface area contributed by atoms with Crippen LogP contribution in [0.5, 0.6) is 0 Å². The van der Waals surface area contributed by atoms with Crippen molar-refractivity contribution in [3.8, 4) is 0 Å². The average Bonchev–Trinajstić information content (AvgIpc) is 2.41. The van der Waals surface area contributed by atoms with Crippen LogP contribution < -0.4 is 11.5 Å². The van der Waals surface area contributed by atoms with E-state index in [2.05, 4.69) is 0 Å². The Morgan fingerprint density at radius 1 is 1.35 bits per heavy atom. The third-order valence-corrected chi connectivity index (χ3v) is 5.53. The molecule has 20 heavy (non-hydrogen) atoms. The van der Waals surface area contributed by atoms with Crippen LogP contribution in [-0.2, 0) is 14.8 Å². The molecule has 1 aromatic rings. The van der Waals surface area contributed by atoms with Gasteiger partial charge in [-0.25, -0.2) is 8.42 Å². The predicted molar refractivity (Wildman–Crippen MR) is 76.3 cm³/mol. The molecule has 0 radical (unpaired) electrons. The van der Waals surface area contributed by atoms with E-state index >= 15 is 0 Å². The molecule has 1 atom stereocenters. The lowest BCUT2D eigenvalue weighted by molar-refractivity contribution is -0.122. The number of aryl methyl sites for hydroxylation is 1. The van der Waals surface area contributed by atoms with Gasteiger partial charge in [-0.1, -0.05) is 6.42 Å². The van der Waals surface area contributed by atoms with Gasteiger partial charge in [0.2, 0.25) is 15.9 Å². The molecule has 1 aromatic carbocycles. The van der Waals surface area contributed by atoms with E-state index in [1.165, 1.54) is 16.4 Å². The van der Waals surface area contributed by atoms with Gasteiger partial charge in [-0.05, 0) is 43.5 Å². The van der Waals surface area contributed by atoms with Gasteiger partial charge in [0.1, 0.15) is 6.04 Å². The summed E-state index contributed by atoms with van der Waals surface area (Å²) in [4.78, 5) is 11.6. The maximum atomic E-state index is 12.6. The maximum Gasteiger partial charge on any atom is 0.243 e. The van der Waals surface area contributed by atoms with Gasteiger partial charge in [0.15, 0.2) is 0 Å². The van der Waals surface area contributed by atoms with Crippen molar-refractivity contribution in [3.05, 3.63) is 23.8 Å². The maximum absolute atomic E-state index is 12.6. The summed E-state index contributed by atoms with van der Waals surface area (Å²) < 4.78 is 26.5. The van der Waals surface area contributed by atoms with Gasteiger partial charge in [-0.15, -0.1) is 0 Å². The molecule has 1 saturated heterocycles. The van der Waals surface area contributed by atoms with Gasteiger partial charge in [0.25, 0.3) is 0 Å². The molecule has 1 aliphatic heterocycles. The first-order valence-corrected chi connectivity index (χ1v) is 7.95. The summed E-state index contributed by atoms with van der Waals surface area (Å²) in [6.07, 6.45) is 2.01. The quantitative estimate of drug-likeness (QED) is 0.797. The first kappa shape index (κ1) is 14.8. The minimum atomic E-state index is -3.72. The standard InChI is InChI=1S/C13H19N3O3S/c1-9-8-10(5-6-11(9)14)20(18,19)16-7-3-2-4-12(16)13(15)17/h5-6,8,12H,2-4,7,14H2,1H3,(H2,15,17). The fourth-order valence-corrected chi connectivity index (χ4v) is 4.17. The number of rotatable bonds is 3. The molecular weight excluding hydrogens is 278 g/mol. The average molecular weight is 297 g/mol. The van der Waals surface area contributed by atoms with E-state index in [0.29, 0.717) is 24.2 Å². The van der Waals surface area contributed by atoms with Gasteiger partial charge >= 0.3 is 0 Å². The summed E-state index contributed by atoms with van der Waals surface area (Å²) >= 11 is 0. The van der Waals surface area contributed by atoms with Crippen LogP contribution in [0.1, 0.15) is 24.8 Å². The molecule has 1 fully saturated rings. The van der Waals surface area contributed by atoms with E-state index < -0.39 is 22.0 Å². The zero-order valence-corrected chi connectivity index (χ0v) is 12.2. The van der Waals surface area contributed by atoms with E-state index in [-0.39, 0.29) is 4.90 Å². The monoisotopic (exact) mass is 297 g/mol. The predicted octanol–water partition coefficient (Wildman–Crippen LogP) is 0.606. The summed E-state index contributed by atoms with van der Waals surface area (Å²) in [5.41, 5.74) is 12.3. The van der Waals surface area contributed by atoms with Gasteiger partial charge in [0, 0.05) is 12.2 Å². The van der Waals surface area contributed by atoms with Crippen molar-refractivity contribution < 1.29 is 13.2 Å². The number of hydrogen-bond acceptors (Lipinski definition) is 4. The lowest BCUT2D eigenvalue weighted by Crippen LogP contribution is -2.50. The van der Waals surface area contributed by atoms with Gasteiger partial charge in [-0.3, -0.25) is 4.79 Å². The third kappa shape index (κ3) is 2.64. The molecule has 1 unspecified atom stereocenters. The van der Waals surface area contributed by atoms with Crippen molar-refractivity contribution in [2.75, 3.05) is 12.3 Å². The number of piperidine rings is 1. The number of amides is 1. The molecule has 4 N–H and O–H groups in total. The SMILES string of the molecule is Cc1cc(S(=O)(=O)N2CCCCC2C(N)=O)ccc1N. The van der Waals surface area contributed by atoms with E-state index in [1.807, 2.05) is 0 Å². The van der Waals surface area contributed by atoms with Crippen LogP contribution in [0.3, 0.4) is 0 Å². The van der Waals surface area contributed by atoms with E-state index in [1.54, 1.807) is 13.0 Å². The van der Waals surface area contributed by atoms with Gasteiger partial charge in [0.05, 0.1) is 4.90 Å². The number of nitrogen functional groups attached to an aromatic ring is 1. The summed E-state index contributed by atoms with van der Waals surface area (Å²) in [5, 5.41) is 0. The fraction of sp³-hybridized carbons (Fsp3) is 0.462. The summed E-state index contributed by atoms with van der Waals surface area (Å²) in [5.74, 6) is -0.597. The number of primary amides is 1. The lowest BCUT2D eigenvalue weighted by Gasteiger charge is -2.32. The van der Waals surface area contributed by atoms with E-state index in [4.69, 9.17) is 11.5 Å². The number of nitrogens with two attached hydrogens (primary N) is 2. The smallest absolute Gasteiger partial charge is 0.243 e. The van der Waals surface area contributed by atoms with Crippen LogP contribution >= 0.6 is 0 Å². The van der Waals surface area contributed by atoms with E-state index in [9.17, 15) is 13.2 Å². The normalized spacial score (nSPS) is 20.8. The highest BCUT2D eigenvalue weighted by Gasteiger charge is 2.36. The number of carbonyl (C=O) groups excluding carboxylic acids is 1. The molecule has 1 aliphatic rings. The molecule has 0 spiro atoms. The largest absolute Gasteiger partial charge is 0.399 e. The second-order valence-electron chi connectivity index (χ2n) is 5.05. The van der Waals surface area contributed by atoms with Crippen molar-refractivity contribution in [2.24, 2.45) is 5.73 Å². The van der Waals surface area contributed by atoms with Crippen molar-refractivity contribution in [1.29, 1.82) is 0 Å². The van der Waals surface area contributed by atoms with Crippen molar-refractivity contribution in [2.45, 2.75) is 37.1 Å². The fourth-order valence-electron chi connectivity index (χ4n) is 2.42. The van der Waals surface area contributed by atoms with Crippen LogP contribution in [-0.4, -0.2) is 31.2 Å². The molecule has 1 heterocycles. The second kappa shape index (κ2) is 5.41.